The zero-order chi connectivity index (χ0) is 19.2. The third kappa shape index (κ3) is 4.93. The maximum Gasteiger partial charge on any atom is 0.148 e. The van der Waals surface area contributed by atoms with E-state index in [1.54, 1.807) is 12.1 Å². The van der Waals surface area contributed by atoms with Gasteiger partial charge in [-0.3, -0.25) is 0 Å². The van der Waals surface area contributed by atoms with Gasteiger partial charge in [0.25, 0.3) is 0 Å². The molecule has 0 N–H and O–H groups in total. The zero-order valence-electron chi connectivity index (χ0n) is 16.2. The standard InChI is InChI=1S/C24H28ClFO/c1-3-17-5-10-19(11-6-17)20-12-7-18(8-13-20)9-14-21-15-16-22(27-4-2)23(25)24(21)26/h7-8,10,12-13,15-17H,3-6,9,11,14H2,1-2H3. The number of ether oxygens (including phenoxy) is 1. The second-order valence-electron chi connectivity index (χ2n) is 7.26. The molecule has 0 radical (unpaired) electrons. The van der Waals surface area contributed by atoms with E-state index in [4.69, 9.17) is 16.3 Å². The third-order valence-electron chi connectivity index (χ3n) is 5.53. The van der Waals surface area contributed by atoms with E-state index < -0.39 is 0 Å². The minimum Gasteiger partial charge on any atom is -0.492 e. The van der Waals surface area contributed by atoms with Crippen molar-refractivity contribution in [2.45, 2.75) is 52.4 Å². The number of rotatable bonds is 7. The third-order valence-corrected chi connectivity index (χ3v) is 5.88. The summed E-state index contributed by atoms with van der Waals surface area (Å²) < 4.78 is 19.8. The van der Waals surface area contributed by atoms with Gasteiger partial charge in [0.1, 0.15) is 16.6 Å². The van der Waals surface area contributed by atoms with E-state index in [1.807, 2.05) is 6.92 Å². The normalized spacial score (nSPS) is 16.9. The van der Waals surface area contributed by atoms with Gasteiger partial charge in [-0.2, -0.15) is 0 Å². The molecule has 1 aliphatic carbocycles. The van der Waals surface area contributed by atoms with Gasteiger partial charge in [-0.05, 0) is 73.3 Å². The lowest BCUT2D eigenvalue weighted by atomic mass is 9.85. The largest absolute Gasteiger partial charge is 0.492 e. The van der Waals surface area contributed by atoms with E-state index in [-0.39, 0.29) is 10.8 Å². The van der Waals surface area contributed by atoms with Gasteiger partial charge in [0, 0.05) is 0 Å². The summed E-state index contributed by atoms with van der Waals surface area (Å²) in [5.74, 6) is 0.900. The summed E-state index contributed by atoms with van der Waals surface area (Å²) in [4.78, 5) is 0. The van der Waals surface area contributed by atoms with E-state index in [0.717, 1.165) is 12.3 Å². The Labute approximate surface area is 167 Å². The van der Waals surface area contributed by atoms with Crippen LogP contribution in [0.4, 0.5) is 4.39 Å². The van der Waals surface area contributed by atoms with Crippen LogP contribution in [0, 0.1) is 11.7 Å². The zero-order valence-corrected chi connectivity index (χ0v) is 17.0. The molecule has 0 fully saturated rings. The van der Waals surface area contributed by atoms with Crippen LogP contribution in [0.2, 0.25) is 5.02 Å². The molecule has 0 amide bonds. The summed E-state index contributed by atoms with van der Waals surface area (Å²) in [5.41, 5.74) is 4.64. The van der Waals surface area contributed by atoms with Crippen LogP contribution in [0.5, 0.6) is 5.75 Å². The van der Waals surface area contributed by atoms with Gasteiger partial charge in [0.15, 0.2) is 0 Å². The van der Waals surface area contributed by atoms with E-state index in [0.29, 0.717) is 24.3 Å². The smallest absolute Gasteiger partial charge is 0.148 e. The minimum atomic E-state index is -0.364. The van der Waals surface area contributed by atoms with Crippen molar-refractivity contribution in [1.82, 2.24) is 0 Å². The number of hydrogen-bond donors (Lipinski definition) is 0. The molecular formula is C24H28ClFO. The summed E-state index contributed by atoms with van der Waals surface area (Å²) in [5, 5.41) is 0.0827. The molecule has 1 atom stereocenters. The first kappa shape index (κ1) is 19.9. The second-order valence-corrected chi connectivity index (χ2v) is 7.64. The highest BCUT2D eigenvalue weighted by atomic mass is 35.5. The lowest BCUT2D eigenvalue weighted by Gasteiger charge is -2.20. The van der Waals surface area contributed by atoms with Crippen LogP contribution >= 0.6 is 11.6 Å². The molecule has 0 aromatic heterocycles. The highest BCUT2D eigenvalue weighted by Gasteiger charge is 2.14. The number of halogens is 2. The predicted octanol–water partition coefficient (Wildman–Crippen LogP) is 7.26. The first-order chi connectivity index (χ1) is 13.1. The molecule has 1 nitrogen and oxygen atoms in total. The topological polar surface area (TPSA) is 9.23 Å². The molecule has 0 aliphatic heterocycles. The molecule has 144 valence electrons. The van der Waals surface area contributed by atoms with Crippen LogP contribution < -0.4 is 4.74 Å². The monoisotopic (exact) mass is 386 g/mol. The highest BCUT2D eigenvalue weighted by molar-refractivity contribution is 6.32. The Kier molecular flexibility index (Phi) is 6.95. The summed E-state index contributed by atoms with van der Waals surface area (Å²) >= 11 is 6.08. The van der Waals surface area contributed by atoms with Crippen LogP contribution in [0.1, 0.15) is 56.2 Å². The Morgan fingerprint density at radius 3 is 2.48 bits per heavy atom. The van der Waals surface area contributed by atoms with Crippen molar-refractivity contribution in [3.8, 4) is 5.75 Å². The molecule has 2 aromatic rings. The number of allylic oxidation sites excluding steroid dienone is 2. The van der Waals surface area contributed by atoms with Gasteiger partial charge in [-0.1, -0.05) is 61.4 Å². The van der Waals surface area contributed by atoms with Crippen molar-refractivity contribution < 1.29 is 9.13 Å². The first-order valence-electron chi connectivity index (χ1n) is 10.00. The lowest BCUT2D eigenvalue weighted by molar-refractivity contribution is 0.338. The summed E-state index contributed by atoms with van der Waals surface area (Å²) in [6, 6.07) is 12.3. The molecule has 2 aromatic carbocycles. The van der Waals surface area contributed by atoms with Crippen molar-refractivity contribution in [1.29, 1.82) is 0 Å². The van der Waals surface area contributed by atoms with Crippen molar-refractivity contribution in [3.63, 3.8) is 0 Å². The molecule has 0 bridgehead atoms. The highest BCUT2D eigenvalue weighted by Crippen LogP contribution is 2.32. The molecule has 3 rings (SSSR count). The van der Waals surface area contributed by atoms with Crippen molar-refractivity contribution in [3.05, 3.63) is 70.0 Å². The van der Waals surface area contributed by atoms with Crippen molar-refractivity contribution >= 4 is 17.2 Å². The minimum absolute atomic E-state index is 0.0827. The SMILES string of the molecule is CCOc1ccc(CCc2ccc(C3=CCC(CC)CC3)cc2)c(F)c1Cl. The maximum atomic E-state index is 14.4. The quantitative estimate of drug-likeness (QED) is 0.486. The van der Waals surface area contributed by atoms with E-state index in [1.165, 1.54) is 42.4 Å². The number of hydrogen-bond acceptors (Lipinski definition) is 1. The second kappa shape index (κ2) is 9.41. The van der Waals surface area contributed by atoms with Gasteiger partial charge in [-0.25, -0.2) is 4.39 Å². The Bertz CT molecular complexity index is 795. The molecule has 1 unspecified atom stereocenters. The van der Waals surface area contributed by atoms with Crippen LogP contribution in [0.15, 0.2) is 42.5 Å². The summed E-state index contributed by atoms with van der Waals surface area (Å²) in [6.07, 6.45) is 8.76. The molecule has 27 heavy (non-hydrogen) atoms. The van der Waals surface area contributed by atoms with Crippen molar-refractivity contribution in [2.24, 2.45) is 5.92 Å². The van der Waals surface area contributed by atoms with Gasteiger partial charge >= 0.3 is 0 Å². The average molecular weight is 387 g/mol. The molecule has 0 saturated carbocycles. The van der Waals surface area contributed by atoms with E-state index in [9.17, 15) is 4.39 Å². The molecular weight excluding hydrogens is 359 g/mol. The maximum absolute atomic E-state index is 14.4. The molecule has 0 spiro atoms. The van der Waals surface area contributed by atoms with E-state index in [2.05, 4.69) is 37.3 Å². The van der Waals surface area contributed by atoms with Crippen LogP contribution in [0.25, 0.3) is 5.57 Å². The Morgan fingerprint density at radius 2 is 1.85 bits per heavy atom. The molecule has 0 saturated heterocycles. The Hall–Kier alpha value is -1.80. The van der Waals surface area contributed by atoms with Crippen LogP contribution in [0.3, 0.4) is 0 Å². The molecule has 0 heterocycles. The summed E-state index contributed by atoms with van der Waals surface area (Å²) in [6.45, 7) is 4.61. The fourth-order valence-electron chi connectivity index (χ4n) is 3.72. The number of benzene rings is 2. The first-order valence-corrected chi connectivity index (χ1v) is 10.4. The fraction of sp³-hybridized carbons (Fsp3) is 0.417. The van der Waals surface area contributed by atoms with Crippen LogP contribution in [-0.2, 0) is 12.8 Å². The molecule has 3 heteroatoms. The Morgan fingerprint density at radius 1 is 1.07 bits per heavy atom. The molecule has 1 aliphatic rings. The summed E-state index contributed by atoms with van der Waals surface area (Å²) in [7, 11) is 0. The van der Waals surface area contributed by atoms with Gasteiger partial charge in [0.2, 0.25) is 0 Å². The predicted molar refractivity (Wildman–Crippen MR) is 112 cm³/mol. The van der Waals surface area contributed by atoms with Crippen molar-refractivity contribution in [2.75, 3.05) is 6.61 Å². The van der Waals surface area contributed by atoms with Gasteiger partial charge < -0.3 is 4.74 Å². The van der Waals surface area contributed by atoms with Crippen LogP contribution in [-0.4, -0.2) is 6.61 Å². The Balaban J connectivity index is 1.63. The fourth-order valence-corrected chi connectivity index (χ4v) is 3.96. The van der Waals surface area contributed by atoms with Gasteiger partial charge in [0.05, 0.1) is 6.61 Å². The lowest BCUT2D eigenvalue weighted by Crippen LogP contribution is -2.04. The van der Waals surface area contributed by atoms with Gasteiger partial charge in [-0.15, -0.1) is 0 Å². The van der Waals surface area contributed by atoms with E-state index >= 15 is 0 Å². The number of aryl methyl sites for hydroxylation is 2. The average Bonchev–Trinajstić information content (AvgIpc) is 2.71.